The van der Waals surface area contributed by atoms with E-state index >= 15 is 0 Å². The molecular formula is C13H18N2O2. The number of morpholine rings is 1. The number of hydrogen-bond donors (Lipinski definition) is 1. The molecule has 4 nitrogen and oxygen atoms in total. The van der Waals surface area contributed by atoms with Gasteiger partial charge in [0.1, 0.15) is 6.10 Å². The van der Waals surface area contributed by atoms with Gasteiger partial charge in [0.15, 0.2) is 0 Å². The Morgan fingerprint density at radius 2 is 2.18 bits per heavy atom. The van der Waals surface area contributed by atoms with Gasteiger partial charge in [0.2, 0.25) is 5.91 Å². The summed E-state index contributed by atoms with van der Waals surface area (Å²) in [7, 11) is 0. The number of primary amides is 1. The second-order valence-corrected chi connectivity index (χ2v) is 4.30. The molecule has 1 amide bonds. The Morgan fingerprint density at radius 3 is 2.88 bits per heavy atom. The first-order valence-electron chi connectivity index (χ1n) is 5.93. The second-order valence-electron chi connectivity index (χ2n) is 4.30. The van der Waals surface area contributed by atoms with E-state index < -0.39 is 6.10 Å². The van der Waals surface area contributed by atoms with Crippen LogP contribution in [0.5, 0.6) is 0 Å². The third-order valence-corrected chi connectivity index (χ3v) is 3.03. The SMILES string of the molecule is NC(=O)C1CN(CCc2ccccc2)CCO1. The molecule has 92 valence electrons. The lowest BCUT2D eigenvalue weighted by Gasteiger charge is -2.31. The van der Waals surface area contributed by atoms with Crippen LogP contribution in [0.2, 0.25) is 0 Å². The predicted molar refractivity (Wildman–Crippen MR) is 65.5 cm³/mol. The molecule has 1 saturated heterocycles. The Hall–Kier alpha value is -1.39. The Kier molecular flexibility index (Phi) is 4.12. The van der Waals surface area contributed by atoms with E-state index in [0.29, 0.717) is 13.2 Å². The van der Waals surface area contributed by atoms with Crippen LogP contribution in [0.1, 0.15) is 5.56 Å². The second kappa shape index (κ2) is 5.80. The van der Waals surface area contributed by atoms with Gasteiger partial charge < -0.3 is 10.5 Å². The van der Waals surface area contributed by atoms with Gasteiger partial charge in [0.05, 0.1) is 6.61 Å². The van der Waals surface area contributed by atoms with Gasteiger partial charge >= 0.3 is 0 Å². The van der Waals surface area contributed by atoms with Crippen molar-refractivity contribution in [3.63, 3.8) is 0 Å². The topological polar surface area (TPSA) is 55.6 Å². The minimum Gasteiger partial charge on any atom is -0.367 e. The van der Waals surface area contributed by atoms with Crippen LogP contribution in [0.4, 0.5) is 0 Å². The van der Waals surface area contributed by atoms with Crippen molar-refractivity contribution >= 4 is 5.91 Å². The first kappa shape index (κ1) is 12.1. The Bertz CT molecular complexity index is 367. The van der Waals surface area contributed by atoms with E-state index in [1.54, 1.807) is 0 Å². The van der Waals surface area contributed by atoms with Crippen LogP contribution >= 0.6 is 0 Å². The van der Waals surface area contributed by atoms with E-state index in [0.717, 1.165) is 19.5 Å². The van der Waals surface area contributed by atoms with Crippen molar-refractivity contribution in [3.05, 3.63) is 35.9 Å². The first-order valence-corrected chi connectivity index (χ1v) is 5.93. The molecule has 0 radical (unpaired) electrons. The van der Waals surface area contributed by atoms with Crippen molar-refractivity contribution in [1.82, 2.24) is 4.90 Å². The zero-order valence-corrected chi connectivity index (χ0v) is 9.84. The van der Waals surface area contributed by atoms with Crippen molar-refractivity contribution in [3.8, 4) is 0 Å². The highest BCUT2D eigenvalue weighted by molar-refractivity contribution is 5.79. The summed E-state index contributed by atoms with van der Waals surface area (Å²) in [5.74, 6) is -0.366. The first-order chi connectivity index (χ1) is 8.25. The molecule has 1 aliphatic rings. The summed E-state index contributed by atoms with van der Waals surface area (Å²) in [6, 6.07) is 10.3. The molecule has 4 heteroatoms. The zero-order chi connectivity index (χ0) is 12.1. The van der Waals surface area contributed by atoms with Crippen LogP contribution < -0.4 is 5.73 Å². The highest BCUT2D eigenvalue weighted by Crippen LogP contribution is 2.07. The van der Waals surface area contributed by atoms with Gasteiger partial charge in [0.25, 0.3) is 0 Å². The monoisotopic (exact) mass is 234 g/mol. The smallest absolute Gasteiger partial charge is 0.247 e. The Morgan fingerprint density at radius 1 is 1.41 bits per heavy atom. The fourth-order valence-corrected chi connectivity index (χ4v) is 2.01. The van der Waals surface area contributed by atoms with Crippen LogP contribution in [-0.4, -0.2) is 43.2 Å². The standard InChI is InChI=1S/C13H18N2O2/c14-13(16)12-10-15(8-9-17-12)7-6-11-4-2-1-3-5-11/h1-5,12H,6-10H2,(H2,14,16). The average molecular weight is 234 g/mol. The maximum absolute atomic E-state index is 11.0. The third kappa shape index (κ3) is 3.54. The highest BCUT2D eigenvalue weighted by Gasteiger charge is 2.24. The number of hydrogen-bond acceptors (Lipinski definition) is 3. The van der Waals surface area contributed by atoms with Gasteiger partial charge in [-0.2, -0.15) is 0 Å². The molecule has 0 aromatic heterocycles. The molecule has 1 aliphatic heterocycles. The van der Waals surface area contributed by atoms with E-state index in [4.69, 9.17) is 10.5 Å². The molecule has 1 heterocycles. The van der Waals surface area contributed by atoms with E-state index in [1.807, 2.05) is 18.2 Å². The normalized spacial score (nSPS) is 21.3. The third-order valence-electron chi connectivity index (χ3n) is 3.03. The molecule has 1 unspecified atom stereocenters. The minimum absolute atomic E-state index is 0.366. The summed E-state index contributed by atoms with van der Waals surface area (Å²) in [4.78, 5) is 13.3. The molecule has 17 heavy (non-hydrogen) atoms. The number of nitrogens with zero attached hydrogens (tertiary/aromatic N) is 1. The molecule has 2 rings (SSSR count). The number of rotatable bonds is 4. The molecule has 0 bridgehead atoms. The number of ether oxygens (including phenoxy) is 1. The van der Waals surface area contributed by atoms with Crippen LogP contribution in [0.3, 0.4) is 0 Å². The summed E-state index contributed by atoms with van der Waals surface area (Å²) in [6.45, 7) is 3.01. The van der Waals surface area contributed by atoms with E-state index in [-0.39, 0.29) is 5.91 Å². The van der Waals surface area contributed by atoms with Crippen molar-refractivity contribution in [2.75, 3.05) is 26.2 Å². The average Bonchev–Trinajstić information content (AvgIpc) is 2.38. The molecule has 0 spiro atoms. The maximum atomic E-state index is 11.0. The van der Waals surface area contributed by atoms with Gasteiger partial charge in [0, 0.05) is 19.6 Å². The number of nitrogens with two attached hydrogens (primary N) is 1. The fourth-order valence-electron chi connectivity index (χ4n) is 2.01. The van der Waals surface area contributed by atoms with Gasteiger partial charge in [-0.15, -0.1) is 0 Å². The largest absolute Gasteiger partial charge is 0.367 e. The summed E-state index contributed by atoms with van der Waals surface area (Å²) < 4.78 is 5.31. The lowest BCUT2D eigenvalue weighted by molar-refractivity contribution is -0.135. The molecule has 0 aliphatic carbocycles. The maximum Gasteiger partial charge on any atom is 0.247 e. The molecular weight excluding hydrogens is 216 g/mol. The van der Waals surface area contributed by atoms with E-state index in [1.165, 1.54) is 5.56 Å². The minimum atomic E-state index is -0.445. The lowest BCUT2D eigenvalue weighted by Crippen LogP contribution is -2.48. The lowest BCUT2D eigenvalue weighted by atomic mass is 10.1. The number of amides is 1. The van der Waals surface area contributed by atoms with E-state index in [2.05, 4.69) is 17.0 Å². The van der Waals surface area contributed by atoms with Crippen LogP contribution in [0, 0.1) is 0 Å². The summed E-state index contributed by atoms with van der Waals surface area (Å²) >= 11 is 0. The highest BCUT2D eigenvalue weighted by atomic mass is 16.5. The molecule has 1 aromatic rings. The van der Waals surface area contributed by atoms with Crippen LogP contribution in [-0.2, 0) is 16.0 Å². The van der Waals surface area contributed by atoms with Crippen molar-refractivity contribution in [2.45, 2.75) is 12.5 Å². The summed E-state index contributed by atoms with van der Waals surface area (Å²) in [5.41, 5.74) is 6.56. The van der Waals surface area contributed by atoms with Crippen molar-refractivity contribution in [2.24, 2.45) is 5.73 Å². The molecule has 1 fully saturated rings. The van der Waals surface area contributed by atoms with Crippen LogP contribution in [0.15, 0.2) is 30.3 Å². The summed E-state index contributed by atoms with van der Waals surface area (Å²) in [6.07, 6.45) is 0.547. The van der Waals surface area contributed by atoms with Crippen molar-refractivity contribution < 1.29 is 9.53 Å². The Labute approximate surface area is 101 Å². The predicted octanol–water partition coefficient (Wildman–Crippen LogP) is 0.415. The summed E-state index contributed by atoms with van der Waals surface area (Å²) in [5, 5.41) is 0. The zero-order valence-electron chi connectivity index (χ0n) is 9.84. The number of benzene rings is 1. The van der Waals surface area contributed by atoms with Gasteiger partial charge in [-0.3, -0.25) is 9.69 Å². The quantitative estimate of drug-likeness (QED) is 0.821. The molecule has 1 aromatic carbocycles. The van der Waals surface area contributed by atoms with Crippen molar-refractivity contribution in [1.29, 1.82) is 0 Å². The fraction of sp³-hybridized carbons (Fsp3) is 0.462. The molecule has 2 N–H and O–H groups in total. The number of carbonyl (C=O) groups excluding carboxylic acids is 1. The molecule has 1 atom stereocenters. The van der Waals surface area contributed by atoms with Gasteiger partial charge in [-0.25, -0.2) is 0 Å². The molecule has 0 saturated carbocycles. The number of carbonyl (C=O) groups is 1. The van der Waals surface area contributed by atoms with Gasteiger partial charge in [-0.05, 0) is 12.0 Å². The van der Waals surface area contributed by atoms with Gasteiger partial charge in [-0.1, -0.05) is 30.3 Å². The van der Waals surface area contributed by atoms with E-state index in [9.17, 15) is 4.79 Å². The van der Waals surface area contributed by atoms with Crippen LogP contribution in [0.25, 0.3) is 0 Å². The Balaban J connectivity index is 1.81.